The van der Waals surface area contributed by atoms with Crippen LogP contribution < -0.4 is 37.6 Å². The van der Waals surface area contributed by atoms with Crippen LogP contribution in [0.15, 0.2) is 97.6 Å². The zero-order chi connectivity index (χ0) is 68.6. The van der Waals surface area contributed by atoms with Gasteiger partial charge in [-0.25, -0.2) is 0 Å². The summed E-state index contributed by atoms with van der Waals surface area (Å²) in [6.45, 7) is 11.8. The number of nitrogens with one attached hydrogen (secondary N) is 8. The summed E-state index contributed by atoms with van der Waals surface area (Å²) < 4.78 is 36.4. The quantitative estimate of drug-likeness (QED) is 0.0429. The molecule has 0 aliphatic carbocycles. The van der Waals surface area contributed by atoms with E-state index >= 15 is 0 Å². The van der Waals surface area contributed by atoms with E-state index in [1.807, 2.05) is 56.6 Å². The van der Waals surface area contributed by atoms with Gasteiger partial charge in [0.05, 0.1) is 6.04 Å². The van der Waals surface area contributed by atoms with Crippen molar-refractivity contribution < 1.29 is 38.4 Å². The van der Waals surface area contributed by atoms with E-state index in [4.69, 9.17) is 10.8 Å². The number of nitrogens with zero attached hydrogens (tertiary/aromatic N) is 2. The van der Waals surface area contributed by atoms with Crippen molar-refractivity contribution >= 4 is 88.8 Å². The predicted octanol–water partition coefficient (Wildman–Crippen LogP) is 10.4. The number of aromatic nitrogens is 4. The number of carbonyl (C=O) groups is 4. The van der Waals surface area contributed by atoms with Gasteiger partial charge in [-0.15, -0.1) is 0 Å². The number of aryl methyl sites for hydroxylation is 6. The standard InChI is InChI=1S/C24H36BN3O2.C23H35N3O.C14H18BN3O2.C13H15BN2O3/c1-19-11-12-23-21(15-19)20-16-22(27-18-25-30)24(29)26-13-9-7-5-3-2-4-6-8-10-14-28(23)17-20;1-18-11-12-22-20(15-18)19-16-21(24)23(27)25-13-9-7-5-3-2-4-6-8-10-14-26(22)17-19;1-9-3-4-12-11(5-9)10(7-17-12)6-13(14(19)16-2)18-8-15-20;1-8-2-3-11-10(4-8)9(6-15-11)5-12(13(17)18)16-7-14-19/h11-12,15,17,22,27H,2-10,13-14,16,18H2,1H3,(H,26,29);11-12,15,17,21H,2-10,13-14,16,24H2,1H3,(H,25,27);3-5,7,13,17-18H,6,8H2,1-2H3,(H,16,19);2-4,6,12,15-16H,5,7H2,1H3,(H,17,18). The summed E-state index contributed by atoms with van der Waals surface area (Å²) in [6, 6.07) is 23.3. The fraction of sp³-hybridized carbons (Fsp3) is 0.514. The molecule has 0 spiro atoms. The number of likely N-dealkylation sites (N-methyl/N-ethyl adjacent to an activating group) is 1. The van der Waals surface area contributed by atoms with Crippen LogP contribution in [0.1, 0.15) is 160 Å². The Balaban J connectivity index is 0.000000184. The van der Waals surface area contributed by atoms with Gasteiger partial charge < -0.3 is 15.6 Å². The number of H-pyrrole nitrogens is 2. The van der Waals surface area contributed by atoms with Crippen LogP contribution in [0.4, 0.5) is 0 Å². The second-order valence-corrected chi connectivity index (χ2v) is 26.2. The van der Waals surface area contributed by atoms with Gasteiger partial charge in [0.2, 0.25) is 5.91 Å². The van der Waals surface area contributed by atoms with Crippen molar-refractivity contribution in [1.29, 1.82) is 0 Å². The number of amides is 3. The van der Waals surface area contributed by atoms with Gasteiger partial charge >= 0.3 is 409 Å². The molecular formula is C74H104B3N11O8. The molecule has 96 heavy (non-hydrogen) atoms. The average molecular weight is 1310 g/mol. The van der Waals surface area contributed by atoms with Crippen molar-refractivity contribution in [2.45, 2.75) is 206 Å². The molecule has 10 rings (SSSR count). The Labute approximate surface area is 568 Å². The molecular weight excluding hydrogens is 1200 g/mol. The van der Waals surface area contributed by atoms with Gasteiger partial charge in [0.15, 0.2) is 0 Å². The molecule has 512 valence electrons. The molecule has 0 saturated heterocycles. The summed E-state index contributed by atoms with van der Waals surface area (Å²) in [5, 5.41) is 31.3. The summed E-state index contributed by atoms with van der Waals surface area (Å²) in [5.41, 5.74) is 19.9. The first-order chi connectivity index (χ1) is 46.6. The van der Waals surface area contributed by atoms with E-state index < -0.39 is 30.1 Å². The number of nitrogens with two attached hydrogens (primary N) is 1. The topological polar surface area (TPSA) is 279 Å². The third-order valence-electron chi connectivity index (χ3n) is 18.4. The third-order valence-corrected chi connectivity index (χ3v) is 18.4. The van der Waals surface area contributed by atoms with Gasteiger partial charge in [-0.05, 0) is 43.9 Å². The maximum absolute atomic E-state index is 12.8. The van der Waals surface area contributed by atoms with Crippen LogP contribution in [0.2, 0.25) is 0 Å². The molecule has 2 aliphatic rings. The van der Waals surface area contributed by atoms with Crippen LogP contribution in [0.5, 0.6) is 0 Å². The van der Waals surface area contributed by atoms with Gasteiger partial charge in [0.25, 0.3) is 0 Å². The molecule has 0 fully saturated rings. The Bertz CT molecular complexity index is 3780. The fourth-order valence-corrected chi connectivity index (χ4v) is 13.1. The number of aromatic amines is 2. The van der Waals surface area contributed by atoms with E-state index in [1.54, 1.807) is 7.05 Å². The molecule has 6 heterocycles. The van der Waals surface area contributed by atoms with Gasteiger partial charge in [-0.2, -0.15) is 0 Å². The Morgan fingerprint density at radius 1 is 0.531 bits per heavy atom. The van der Waals surface area contributed by atoms with Crippen LogP contribution in [0.3, 0.4) is 0 Å². The van der Waals surface area contributed by atoms with Gasteiger partial charge in [0.1, 0.15) is 0 Å². The van der Waals surface area contributed by atoms with Crippen LogP contribution in [-0.2, 0) is 72.1 Å². The second-order valence-electron chi connectivity index (χ2n) is 26.2. The molecule has 4 bridgehead atoms. The Morgan fingerprint density at radius 2 is 0.927 bits per heavy atom. The molecule has 19 nitrogen and oxygen atoms in total. The molecule has 4 unspecified atom stereocenters. The summed E-state index contributed by atoms with van der Waals surface area (Å²) >= 11 is 0. The van der Waals surface area contributed by atoms with Crippen molar-refractivity contribution in [3.8, 4) is 0 Å². The normalized spacial score (nSPS) is 17.3. The van der Waals surface area contributed by atoms with Crippen molar-refractivity contribution in [2.24, 2.45) is 5.73 Å². The number of hydrogen-bond acceptors (Lipinski definition) is 11. The predicted molar refractivity (Wildman–Crippen MR) is 388 cm³/mol. The minimum absolute atomic E-state index is 0.00785. The fourth-order valence-electron chi connectivity index (χ4n) is 13.1. The van der Waals surface area contributed by atoms with Crippen molar-refractivity contribution in [3.63, 3.8) is 0 Å². The number of fused-ring (bicyclic) bond motifs is 12. The van der Waals surface area contributed by atoms with E-state index in [0.717, 1.165) is 85.3 Å². The van der Waals surface area contributed by atoms with E-state index in [0.29, 0.717) is 39.4 Å². The number of aliphatic carboxylic acids is 1. The first-order valence-electron chi connectivity index (χ1n) is 35.2. The number of rotatable bonds is 15. The molecule has 4 aromatic carbocycles. The number of hydrogen-bond donors (Lipinski definition) is 10. The molecule has 8 aromatic rings. The first kappa shape index (κ1) is 75.7. The van der Waals surface area contributed by atoms with Crippen molar-refractivity contribution in [2.75, 3.05) is 39.5 Å². The Hall–Kier alpha value is -7.65. The van der Waals surface area contributed by atoms with E-state index in [2.05, 4.69) is 120 Å². The van der Waals surface area contributed by atoms with Gasteiger partial charge in [0, 0.05) is 30.2 Å². The van der Waals surface area contributed by atoms with Crippen molar-refractivity contribution in [1.82, 2.24) is 51.0 Å². The molecule has 4 aromatic heterocycles. The summed E-state index contributed by atoms with van der Waals surface area (Å²) in [4.78, 5) is 54.5. The number of benzene rings is 4. The molecule has 22 heteroatoms. The molecule has 0 radical (unpaired) electrons. The number of carboxylic acids is 1. The maximum atomic E-state index is 12.8. The van der Waals surface area contributed by atoms with Crippen LogP contribution >= 0.6 is 0 Å². The summed E-state index contributed by atoms with van der Waals surface area (Å²) in [7, 11) is 3.84. The second kappa shape index (κ2) is 40.8. The van der Waals surface area contributed by atoms with Gasteiger partial charge in [-0.1, -0.05) is 56.6 Å². The Morgan fingerprint density at radius 3 is 1.38 bits per heavy atom. The SMILES string of the molecule is CNC(=O)C(Cc1c[nH]c2ccc(C)cc12)NCB=O.Cc1ccc2[nH]cc(CC(NCB=O)C(=O)O)c2c1.Cc1ccc2c(c1)c1cn2CCCCCCCCCCCNC(=O)C(N)C1.Cc1ccc2c(c1)c1cn2CCCCCCCCCCCNC(=O)C(NCB=O)C1. The van der Waals surface area contributed by atoms with Crippen LogP contribution in [0.25, 0.3) is 43.6 Å². The number of carboxylic acid groups (broad SMARTS) is 1. The molecule has 0 saturated carbocycles. The average Bonchev–Trinajstić information content (AvgIpc) is 1.55. The van der Waals surface area contributed by atoms with E-state index in [1.165, 1.54) is 152 Å². The third kappa shape index (κ3) is 23.9. The van der Waals surface area contributed by atoms with Crippen LogP contribution in [-0.4, -0.2) is 133 Å². The first-order valence-corrected chi connectivity index (χ1v) is 35.2. The minimum atomic E-state index is -0.955. The van der Waals surface area contributed by atoms with E-state index in [-0.39, 0.29) is 37.1 Å². The summed E-state index contributed by atoms with van der Waals surface area (Å²) in [6.07, 6.45) is 33.2. The van der Waals surface area contributed by atoms with Gasteiger partial charge in [-0.3, -0.25) is 4.79 Å². The van der Waals surface area contributed by atoms with E-state index in [9.17, 15) is 33.3 Å². The Kier molecular flexibility index (Phi) is 32.2. The molecule has 11 N–H and O–H groups in total. The molecule has 4 atom stereocenters. The monoisotopic (exact) mass is 1310 g/mol. The zero-order valence-electron chi connectivity index (χ0n) is 57.6. The summed E-state index contributed by atoms with van der Waals surface area (Å²) in [5.74, 6) is -1.10. The van der Waals surface area contributed by atoms with Crippen molar-refractivity contribution in [3.05, 3.63) is 142 Å². The molecule has 2 aliphatic heterocycles. The number of carbonyl (C=O) groups excluding carboxylic acids is 3. The molecule has 3 amide bonds. The van der Waals surface area contributed by atoms with Crippen LogP contribution in [0, 0.1) is 27.7 Å². The zero-order valence-corrected chi connectivity index (χ0v) is 57.6.